The van der Waals surface area contributed by atoms with Crippen molar-refractivity contribution in [2.45, 2.75) is 112 Å². The number of hydrogen-bond donors (Lipinski definition) is 2. The van der Waals surface area contributed by atoms with Crippen LogP contribution < -0.4 is 5.32 Å². The maximum absolute atomic E-state index is 12.8. The molecule has 1 aliphatic heterocycles. The van der Waals surface area contributed by atoms with E-state index in [0.29, 0.717) is 54.7 Å². The first kappa shape index (κ1) is 38.8. The Balaban J connectivity index is 1.07. The zero-order chi connectivity index (χ0) is 38.2. The topological polar surface area (TPSA) is 104 Å². The van der Waals surface area contributed by atoms with E-state index in [1.165, 1.54) is 68.1 Å². The predicted octanol–water partition coefficient (Wildman–Crippen LogP) is 8.66. The molecule has 2 N–H and O–H groups in total. The van der Waals surface area contributed by atoms with Gasteiger partial charge in [0.2, 0.25) is 5.91 Å². The fourth-order valence-electron chi connectivity index (χ4n) is 14.3. The van der Waals surface area contributed by atoms with Crippen molar-refractivity contribution >= 4 is 27.3 Å². The maximum Gasteiger partial charge on any atom is 0.335 e. The number of carboxylic acids is 1. The number of carboxylic acid groups (broad SMARTS) is 1. The number of nitrogens with zero attached hydrogens (tertiary/aromatic N) is 1. The molecule has 9 atom stereocenters. The van der Waals surface area contributed by atoms with E-state index in [0.717, 1.165) is 25.9 Å². The molecule has 292 valence electrons. The molecule has 1 amide bonds. The van der Waals surface area contributed by atoms with Gasteiger partial charge >= 0.3 is 5.97 Å². The number of rotatable bonds is 9. The molecule has 1 heterocycles. The second kappa shape index (κ2) is 13.6. The molecule has 1 aromatic rings. The highest BCUT2D eigenvalue weighted by Crippen LogP contribution is 2.77. The lowest BCUT2D eigenvalue weighted by atomic mass is 9.32. The molecular formula is C45H66N2O5S. The molecule has 1 aromatic carbocycles. The van der Waals surface area contributed by atoms with Gasteiger partial charge in [-0.3, -0.25) is 4.79 Å². The third kappa shape index (κ3) is 6.28. The van der Waals surface area contributed by atoms with Gasteiger partial charge in [0, 0.05) is 26.1 Å². The van der Waals surface area contributed by atoms with Crippen LogP contribution in [0.15, 0.2) is 42.5 Å². The van der Waals surface area contributed by atoms with Crippen molar-refractivity contribution in [3.8, 4) is 0 Å². The van der Waals surface area contributed by atoms with E-state index in [4.69, 9.17) is 0 Å². The lowest BCUT2D eigenvalue weighted by Crippen LogP contribution is -2.65. The zero-order valence-corrected chi connectivity index (χ0v) is 34.3. The molecule has 0 radical (unpaired) electrons. The van der Waals surface area contributed by atoms with Crippen LogP contribution in [0.2, 0.25) is 0 Å². The normalized spacial score (nSPS) is 39.8. The fourth-order valence-corrected chi connectivity index (χ4v) is 15.5. The van der Waals surface area contributed by atoms with Crippen molar-refractivity contribution in [2.24, 2.45) is 56.7 Å². The zero-order valence-electron chi connectivity index (χ0n) is 33.4. The number of sulfone groups is 1. The Morgan fingerprint density at radius 2 is 1.60 bits per heavy atom. The van der Waals surface area contributed by atoms with Gasteiger partial charge < -0.3 is 15.3 Å². The minimum Gasteiger partial charge on any atom is -0.478 e. The number of fused-ring (bicyclic) bond motifs is 7. The fraction of sp³-hybridized carbons (Fsp3) is 0.733. The average molecular weight is 747 g/mol. The van der Waals surface area contributed by atoms with Gasteiger partial charge in [0.1, 0.15) is 0 Å². The van der Waals surface area contributed by atoms with Gasteiger partial charge in [0.05, 0.1) is 17.1 Å². The first-order chi connectivity index (χ1) is 24.9. The Morgan fingerprint density at radius 1 is 0.906 bits per heavy atom. The van der Waals surface area contributed by atoms with Crippen LogP contribution in [-0.4, -0.2) is 68.0 Å². The summed E-state index contributed by atoms with van der Waals surface area (Å²) in [5, 5.41) is 13.4. The molecule has 7 rings (SSSR count). The second-order valence-corrected chi connectivity index (χ2v) is 22.1. The average Bonchev–Trinajstić information content (AvgIpc) is 3.48. The van der Waals surface area contributed by atoms with Crippen LogP contribution >= 0.6 is 0 Å². The predicted molar refractivity (Wildman–Crippen MR) is 213 cm³/mol. The van der Waals surface area contributed by atoms with Gasteiger partial charge in [-0.2, -0.15) is 0 Å². The van der Waals surface area contributed by atoms with Gasteiger partial charge in [-0.1, -0.05) is 65.0 Å². The highest BCUT2D eigenvalue weighted by Gasteiger charge is 2.70. The Labute approximate surface area is 319 Å². The standard InChI is InChI=1S/C45H66N2O5S/c1-30(2)33-16-21-45(29-46-24-8-9-38(48)47-25-27-53(51,52)28-26-47)23-22-43(6)35(39(33)45)14-15-37-42(5)19-17-34(31-10-12-32(13-11-31)40(49)50)41(3,4)36(42)18-20-44(37,43)7/h10-13,17,33,35-37,39,46H,1,8-9,14-16,18-29H2,2-7H3,(H,49,50)/t33-,35+,36-,37+,39+,42-,43+,44+,45+/m0/s1. The maximum atomic E-state index is 12.8. The van der Waals surface area contributed by atoms with Crippen molar-refractivity contribution in [1.29, 1.82) is 0 Å². The quantitative estimate of drug-likeness (QED) is 0.194. The van der Waals surface area contributed by atoms with Gasteiger partial charge in [-0.05, 0) is 158 Å². The number of nitrogens with one attached hydrogen (secondary N) is 1. The van der Waals surface area contributed by atoms with Crippen LogP contribution in [0.3, 0.4) is 0 Å². The number of allylic oxidation sites excluding steroid dienone is 3. The van der Waals surface area contributed by atoms with Gasteiger partial charge in [0.15, 0.2) is 9.84 Å². The van der Waals surface area contributed by atoms with Gasteiger partial charge in [0.25, 0.3) is 0 Å². The van der Waals surface area contributed by atoms with E-state index in [9.17, 15) is 23.1 Å². The molecule has 0 unspecified atom stereocenters. The molecule has 0 bridgehead atoms. The summed E-state index contributed by atoms with van der Waals surface area (Å²) >= 11 is 0. The molecule has 6 aliphatic rings. The summed E-state index contributed by atoms with van der Waals surface area (Å²) in [6.45, 7) is 22.3. The molecule has 0 aromatic heterocycles. The molecular weight excluding hydrogens is 681 g/mol. The summed E-state index contributed by atoms with van der Waals surface area (Å²) in [5.41, 5.74) is 5.28. The molecule has 8 heteroatoms. The van der Waals surface area contributed by atoms with Crippen molar-refractivity contribution < 1.29 is 23.1 Å². The van der Waals surface area contributed by atoms with Crippen molar-refractivity contribution in [3.63, 3.8) is 0 Å². The van der Waals surface area contributed by atoms with Crippen LogP contribution in [-0.2, 0) is 14.6 Å². The van der Waals surface area contributed by atoms with Crippen molar-refractivity contribution in [2.75, 3.05) is 37.7 Å². The number of carbonyl (C=O) groups excluding carboxylic acids is 1. The Kier molecular flexibility index (Phi) is 9.98. The van der Waals surface area contributed by atoms with E-state index in [1.54, 1.807) is 17.0 Å². The first-order valence-electron chi connectivity index (χ1n) is 20.8. The number of hydrogen-bond acceptors (Lipinski definition) is 5. The number of carbonyl (C=O) groups is 2. The van der Waals surface area contributed by atoms with Crippen LogP contribution in [0.25, 0.3) is 5.57 Å². The van der Waals surface area contributed by atoms with Gasteiger partial charge in [-0.25, -0.2) is 13.2 Å². The lowest BCUT2D eigenvalue weighted by molar-refractivity contribution is -0.225. The second-order valence-electron chi connectivity index (χ2n) is 19.8. The number of amides is 1. The molecule has 5 aliphatic carbocycles. The monoisotopic (exact) mass is 746 g/mol. The van der Waals surface area contributed by atoms with E-state index in [2.05, 4.69) is 59.5 Å². The highest BCUT2D eigenvalue weighted by atomic mass is 32.2. The summed E-state index contributed by atoms with van der Waals surface area (Å²) in [4.78, 5) is 26.2. The molecule has 5 fully saturated rings. The Hall–Kier alpha value is -2.45. The summed E-state index contributed by atoms with van der Waals surface area (Å²) in [7, 11) is -2.99. The minimum atomic E-state index is -2.99. The number of aromatic carboxylic acids is 1. The molecule has 53 heavy (non-hydrogen) atoms. The summed E-state index contributed by atoms with van der Waals surface area (Å²) in [6.07, 6.45) is 15.0. The SMILES string of the molecule is C=C(C)[C@@H]1CC[C@]2(CNCCCC(=O)N3CCS(=O)(=O)CC3)CC[C@]3(C)[C@H](CC[C@@H]4[C@@]5(C)CC=C(c6ccc(C(=O)O)cc6)C(C)(C)[C@@H]5CC[C@]43C)[C@@H]12. The third-order valence-corrected chi connectivity index (χ3v) is 18.8. The molecule has 7 nitrogen and oxygen atoms in total. The van der Waals surface area contributed by atoms with E-state index in [1.807, 2.05) is 12.1 Å². The third-order valence-electron chi connectivity index (χ3n) is 17.2. The van der Waals surface area contributed by atoms with Crippen LogP contribution in [0, 0.1) is 56.7 Å². The van der Waals surface area contributed by atoms with Crippen molar-refractivity contribution in [1.82, 2.24) is 10.2 Å². The van der Waals surface area contributed by atoms with Gasteiger partial charge in [-0.15, -0.1) is 0 Å². The van der Waals surface area contributed by atoms with E-state index in [-0.39, 0.29) is 44.5 Å². The molecule has 4 saturated carbocycles. The van der Waals surface area contributed by atoms with Crippen LogP contribution in [0.1, 0.15) is 128 Å². The Bertz CT molecular complexity index is 1750. The molecule has 0 spiro atoms. The van der Waals surface area contributed by atoms with E-state index >= 15 is 0 Å². The summed E-state index contributed by atoms with van der Waals surface area (Å²) in [5.74, 6) is 2.51. The minimum absolute atomic E-state index is 0.000246. The van der Waals surface area contributed by atoms with Crippen LogP contribution in [0.4, 0.5) is 0 Å². The van der Waals surface area contributed by atoms with Crippen LogP contribution in [0.5, 0.6) is 0 Å². The van der Waals surface area contributed by atoms with Crippen molar-refractivity contribution in [3.05, 3.63) is 53.6 Å². The summed E-state index contributed by atoms with van der Waals surface area (Å²) < 4.78 is 23.6. The van der Waals surface area contributed by atoms with E-state index < -0.39 is 15.8 Å². The number of benzene rings is 1. The highest BCUT2D eigenvalue weighted by molar-refractivity contribution is 7.91. The smallest absolute Gasteiger partial charge is 0.335 e. The lowest BCUT2D eigenvalue weighted by Gasteiger charge is -2.72. The summed E-state index contributed by atoms with van der Waals surface area (Å²) in [6, 6.07) is 7.56. The Morgan fingerprint density at radius 3 is 2.26 bits per heavy atom. The largest absolute Gasteiger partial charge is 0.478 e. The molecule has 1 saturated heterocycles. The first-order valence-corrected chi connectivity index (χ1v) is 22.6.